The van der Waals surface area contributed by atoms with Gasteiger partial charge in [0, 0.05) is 5.39 Å². The molecule has 0 spiro atoms. The van der Waals surface area contributed by atoms with Crippen molar-refractivity contribution in [2.75, 3.05) is 6.61 Å². The maximum absolute atomic E-state index is 13.1. The van der Waals surface area contributed by atoms with Gasteiger partial charge in [0.25, 0.3) is 11.8 Å². The van der Waals surface area contributed by atoms with Gasteiger partial charge in [-0.15, -0.1) is 0 Å². The molecule has 32 heavy (non-hydrogen) atoms. The van der Waals surface area contributed by atoms with E-state index in [1.165, 1.54) is 6.08 Å². The third-order valence-corrected chi connectivity index (χ3v) is 5.16. The topological polar surface area (TPSA) is 75.7 Å². The van der Waals surface area contributed by atoms with Gasteiger partial charge in [-0.1, -0.05) is 74.5 Å². The molecule has 3 aromatic rings. The lowest BCUT2D eigenvalue weighted by Gasteiger charge is -2.26. The molecule has 6 heteroatoms. The van der Waals surface area contributed by atoms with Crippen molar-refractivity contribution in [2.24, 2.45) is 5.92 Å². The van der Waals surface area contributed by atoms with Crippen LogP contribution in [0, 0.1) is 5.92 Å². The van der Waals surface area contributed by atoms with Gasteiger partial charge in [0.2, 0.25) is 0 Å². The van der Waals surface area contributed by atoms with Crippen molar-refractivity contribution >= 4 is 34.7 Å². The number of barbiturate groups is 1. The lowest BCUT2D eigenvalue weighted by molar-refractivity contribution is -0.130. The molecule has 1 aliphatic heterocycles. The van der Waals surface area contributed by atoms with E-state index in [0.717, 1.165) is 27.0 Å². The zero-order valence-electron chi connectivity index (χ0n) is 18.0. The van der Waals surface area contributed by atoms with Gasteiger partial charge < -0.3 is 4.74 Å². The van der Waals surface area contributed by atoms with Crippen molar-refractivity contribution in [1.29, 1.82) is 0 Å². The number of imide groups is 2. The number of urea groups is 1. The Kier molecular flexibility index (Phi) is 6.03. The molecule has 0 radical (unpaired) electrons. The van der Waals surface area contributed by atoms with Gasteiger partial charge in [-0.05, 0) is 34.6 Å². The van der Waals surface area contributed by atoms with Crippen molar-refractivity contribution < 1.29 is 19.1 Å². The molecule has 4 amide bonds. The Morgan fingerprint density at radius 1 is 0.906 bits per heavy atom. The van der Waals surface area contributed by atoms with Crippen molar-refractivity contribution in [1.82, 2.24) is 10.2 Å². The monoisotopic (exact) mass is 428 g/mol. The molecule has 0 atom stereocenters. The molecule has 1 fully saturated rings. The van der Waals surface area contributed by atoms with E-state index in [0.29, 0.717) is 18.1 Å². The van der Waals surface area contributed by atoms with Crippen LogP contribution in [0.5, 0.6) is 5.75 Å². The van der Waals surface area contributed by atoms with Crippen LogP contribution >= 0.6 is 0 Å². The number of ether oxygens (including phenoxy) is 1. The highest BCUT2D eigenvalue weighted by Gasteiger charge is 2.35. The molecule has 0 saturated carbocycles. The summed E-state index contributed by atoms with van der Waals surface area (Å²) in [5, 5.41) is 4.02. The Labute approximate surface area is 186 Å². The smallest absolute Gasteiger partial charge is 0.331 e. The molecule has 4 rings (SSSR count). The van der Waals surface area contributed by atoms with Crippen molar-refractivity contribution in [3.63, 3.8) is 0 Å². The summed E-state index contributed by atoms with van der Waals surface area (Å²) in [7, 11) is 0. The summed E-state index contributed by atoms with van der Waals surface area (Å²) >= 11 is 0. The Balaban J connectivity index is 1.70. The third-order valence-electron chi connectivity index (χ3n) is 5.16. The van der Waals surface area contributed by atoms with Crippen molar-refractivity contribution in [3.8, 4) is 5.75 Å². The second-order valence-electron chi connectivity index (χ2n) is 8.10. The van der Waals surface area contributed by atoms with Gasteiger partial charge in [0.05, 0.1) is 13.2 Å². The van der Waals surface area contributed by atoms with Crippen LogP contribution in [0.25, 0.3) is 16.8 Å². The zero-order chi connectivity index (χ0) is 22.7. The molecule has 6 nitrogen and oxygen atoms in total. The maximum Gasteiger partial charge on any atom is 0.331 e. The number of nitrogens with zero attached hydrogens (tertiary/aromatic N) is 1. The highest BCUT2D eigenvalue weighted by molar-refractivity contribution is 6.31. The molecule has 0 unspecified atom stereocenters. The molecule has 0 bridgehead atoms. The van der Waals surface area contributed by atoms with Gasteiger partial charge in [-0.3, -0.25) is 19.8 Å². The fourth-order valence-corrected chi connectivity index (χ4v) is 3.56. The first kappa shape index (κ1) is 21.3. The van der Waals surface area contributed by atoms with E-state index in [2.05, 4.69) is 19.2 Å². The molecule has 0 aromatic heterocycles. The first-order valence-corrected chi connectivity index (χ1v) is 10.5. The van der Waals surface area contributed by atoms with Gasteiger partial charge in [-0.25, -0.2) is 4.79 Å². The summed E-state index contributed by atoms with van der Waals surface area (Å²) in [6, 6.07) is 19.8. The van der Waals surface area contributed by atoms with E-state index in [1.807, 2.05) is 66.7 Å². The minimum absolute atomic E-state index is 0.0819. The molecule has 1 heterocycles. The molecular weight excluding hydrogens is 404 g/mol. The Morgan fingerprint density at radius 3 is 2.31 bits per heavy atom. The Morgan fingerprint density at radius 2 is 1.59 bits per heavy atom. The van der Waals surface area contributed by atoms with Gasteiger partial charge in [-0.2, -0.15) is 0 Å². The van der Waals surface area contributed by atoms with Crippen LogP contribution in [0.1, 0.15) is 25.0 Å². The highest BCUT2D eigenvalue weighted by Crippen LogP contribution is 2.31. The van der Waals surface area contributed by atoms with Crippen molar-refractivity contribution in [2.45, 2.75) is 20.4 Å². The van der Waals surface area contributed by atoms with Crippen LogP contribution in [0.3, 0.4) is 0 Å². The summed E-state index contributed by atoms with van der Waals surface area (Å²) in [4.78, 5) is 39.0. The van der Waals surface area contributed by atoms with E-state index in [-0.39, 0.29) is 12.1 Å². The standard InChI is InChI=1S/C26H24N2O4/c1-17(2)16-32-23-13-12-19(20-10-6-7-11-21(20)23)14-22-24(29)27-26(31)28(25(22)30)15-18-8-4-3-5-9-18/h3-14,17H,15-16H2,1-2H3,(H,27,29,31)/b22-14+. The number of benzene rings is 3. The number of fused-ring (bicyclic) bond motifs is 1. The normalized spacial score (nSPS) is 15.5. The number of hydrogen-bond donors (Lipinski definition) is 1. The van der Waals surface area contributed by atoms with E-state index in [4.69, 9.17) is 4.74 Å². The fraction of sp³-hybridized carbons (Fsp3) is 0.192. The van der Waals surface area contributed by atoms with E-state index in [1.54, 1.807) is 0 Å². The van der Waals surface area contributed by atoms with Gasteiger partial charge >= 0.3 is 6.03 Å². The van der Waals surface area contributed by atoms with Gasteiger partial charge in [0.15, 0.2) is 0 Å². The molecule has 162 valence electrons. The molecule has 1 aliphatic rings. The molecule has 0 aliphatic carbocycles. The van der Waals surface area contributed by atoms with Crippen LogP contribution in [-0.2, 0) is 16.1 Å². The Bertz CT molecular complexity index is 1210. The zero-order valence-corrected chi connectivity index (χ0v) is 18.0. The molecule has 1 N–H and O–H groups in total. The number of rotatable bonds is 6. The second-order valence-corrected chi connectivity index (χ2v) is 8.10. The largest absolute Gasteiger partial charge is 0.493 e. The molecule has 3 aromatic carbocycles. The summed E-state index contributed by atoms with van der Waals surface area (Å²) in [6.07, 6.45) is 1.54. The average molecular weight is 428 g/mol. The number of carbonyl (C=O) groups excluding carboxylic acids is 3. The minimum Gasteiger partial charge on any atom is -0.493 e. The number of nitrogens with one attached hydrogen (secondary N) is 1. The molecular formula is C26H24N2O4. The predicted molar refractivity (Wildman–Crippen MR) is 123 cm³/mol. The highest BCUT2D eigenvalue weighted by atomic mass is 16.5. The predicted octanol–water partition coefficient (Wildman–Crippen LogP) is 4.54. The number of amides is 4. The first-order chi connectivity index (χ1) is 15.4. The average Bonchev–Trinajstić information content (AvgIpc) is 2.79. The quantitative estimate of drug-likeness (QED) is 0.462. The first-order valence-electron chi connectivity index (χ1n) is 10.5. The summed E-state index contributed by atoms with van der Waals surface area (Å²) in [5.74, 6) is -0.190. The van der Waals surface area contributed by atoms with Gasteiger partial charge in [0.1, 0.15) is 11.3 Å². The number of carbonyl (C=O) groups is 3. The SMILES string of the molecule is CC(C)COc1ccc(/C=C2\C(=O)NC(=O)N(Cc3ccccc3)C2=O)c2ccccc12. The third kappa shape index (κ3) is 4.39. The Hall–Kier alpha value is -3.93. The minimum atomic E-state index is -0.719. The summed E-state index contributed by atoms with van der Waals surface area (Å²) < 4.78 is 5.95. The lowest BCUT2D eigenvalue weighted by atomic mass is 10.00. The van der Waals surface area contributed by atoms with E-state index >= 15 is 0 Å². The van der Waals surface area contributed by atoms with Crippen LogP contribution in [0.2, 0.25) is 0 Å². The van der Waals surface area contributed by atoms with Crippen LogP contribution in [0.15, 0.2) is 72.3 Å². The number of hydrogen-bond acceptors (Lipinski definition) is 4. The fourth-order valence-electron chi connectivity index (χ4n) is 3.56. The molecule has 1 saturated heterocycles. The lowest BCUT2D eigenvalue weighted by Crippen LogP contribution is -2.53. The van der Waals surface area contributed by atoms with E-state index in [9.17, 15) is 14.4 Å². The van der Waals surface area contributed by atoms with Crippen LogP contribution in [0.4, 0.5) is 4.79 Å². The van der Waals surface area contributed by atoms with Crippen LogP contribution < -0.4 is 10.1 Å². The van der Waals surface area contributed by atoms with E-state index < -0.39 is 17.8 Å². The maximum atomic E-state index is 13.1. The second kappa shape index (κ2) is 9.06. The summed E-state index contributed by atoms with van der Waals surface area (Å²) in [6.45, 7) is 4.83. The summed E-state index contributed by atoms with van der Waals surface area (Å²) in [5.41, 5.74) is 1.41. The van der Waals surface area contributed by atoms with Crippen molar-refractivity contribution in [3.05, 3.63) is 83.4 Å². The van der Waals surface area contributed by atoms with Crippen LogP contribution in [-0.4, -0.2) is 29.4 Å².